The highest BCUT2D eigenvalue weighted by Gasteiger charge is 2.34. The fraction of sp³-hybridized carbons (Fsp3) is 0.455. The maximum Gasteiger partial charge on any atom is 0.433 e. The van der Waals surface area contributed by atoms with Crippen molar-refractivity contribution in [1.29, 1.82) is 0 Å². The van der Waals surface area contributed by atoms with E-state index in [9.17, 15) is 22.4 Å². The van der Waals surface area contributed by atoms with Crippen molar-refractivity contribution < 1.29 is 22.4 Å². The molecule has 0 spiro atoms. The minimum absolute atomic E-state index is 0.0324. The molecule has 1 unspecified atom stereocenters. The molecule has 0 aliphatic carbocycles. The standard InChI is InChI=1S/C22H24ClF4N3O/c1-13-7-9-30(10-8-13)20-16(4-6-19(29-20)22(25,26)27)12-28-21(31)14(2)15-3-5-18(24)17(23)11-15/h3-6,11,13-14H,7-10,12H2,1-2H3,(H,28,31). The number of rotatable bonds is 5. The van der Waals surface area contributed by atoms with Gasteiger partial charge in [-0.1, -0.05) is 30.7 Å². The Morgan fingerprint density at radius 2 is 1.94 bits per heavy atom. The summed E-state index contributed by atoms with van der Waals surface area (Å²) in [5.41, 5.74) is 0.102. The summed E-state index contributed by atoms with van der Waals surface area (Å²) in [4.78, 5) is 18.3. The molecule has 2 aromatic rings. The Morgan fingerprint density at radius 3 is 2.55 bits per heavy atom. The van der Waals surface area contributed by atoms with Crippen molar-refractivity contribution in [2.45, 2.75) is 45.3 Å². The zero-order chi connectivity index (χ0) is 22.8. The molecule has 2 heterocycles. The summed E-state index contributed by atoms with van der Waals surface area (Å²) in [6.45, 7) is 5.02. The number of halogens is 5. The van der Waals surface area contributed by atoms with E-state index in [2.05, 4.69) is 17.2 Å². The number of carbonyl (C=O) groups excluding carboxylic acids is 1. The van der Waals surface area contributed by atoms with Crippen LogP contribution in [0.5, 0.6) is 0 Å². The van der Waals surface area contributed by atoms with E-state index < -0.39 is 23.6 Å². The van der Waals surface area contributed by atoms with Gasteiger partial charge in [0.2, 0.25) is 5.91 Å². The van der Waals surface area contributed by atoms with Crippen molar-refractivity contribution in [1.82, 2.24) is 10.3 Å². The fourth-order valence-electron chi connectivity index (χ4n) is 3.54. The van der Waals surface area contributed by atoms with Gasteiger partial charge >= 0.3 is 6.18 Å². The smallest absolute Gasteiger partial charge is 0.356 e. The molecule has 1 atom stereocenters. The van der Waals surface area contributed by atoms with Gasteiger partial charge in [0.1, 0.15) is 17.3 Å². The quantitative estimate of drug-likeness (QED) is 0.599. The third-order valence-corrected chi connectivity index (χ3v) is 5.91. The number of benzene rings is 1. The van der Waals surface area contributed by atoms with Crippen molar-refractivity contribution in [3.05, 3.63) is 58.0 Å². The van der Waals surface area contributed by atoms with Crippen LogP contribution in [0.4, 0.5) is 23.4 Å². The lowest BCUT2D eigenvalue weighted by Gasteiger charge is -2.33. The number of amides is 1. The Hall–Kier alpha value is -2.35. The van der Waals surface area contributed by atoms with Crippen LogP contribution in [-0.4, -0.2) is 24.0 Å². The lowest BCUT2D eigenvalue weighted by molar-refractivity contribution is -0.141. The minimum atomic E-state index is -4.55. The molecule has 9 heteroatoms. The number of hydrogen-bond acceptors (Lipinski definition) is 3. The first-order chi connectivity index (χ1) is 14.6. The number of nitrogens with zero attached hydrogens (tertiary/aromatic N) is 2. The van der Waals surface area contributed by atoms with Crippen LogP contribution in [-0.2, 0) is 17.5 Å². The van der Waals surface area contributed by atoms with Gasteiger partial charge in [-0.2, -0.15) is 13.2 Å². The van der Waals surface area contributed by atoms with Gasteiger partial charge in [-0.3, -0.25) is 4.79 Å². The van der Waals surface area contributed by atoms with E-state index in [1.807, 2.05) is 4.90 Å². The van der Waals surface area contributed by atoms with Crippen molar-refractivity contribution in [3.8, 4) is 0 Å². The van der Waals surface area contributed by atoms with Gasteiger partial charge < -0.3 is 10.2 Å². The van der Waals surface area contributed by atoms with Crippen LogP contribution in [0.1, 0.15) is 49.4 Å². The normalized spacial score (nSPS) is 16.3. The predicted octanol–water partition coefficient (Wildman–Crippen LogP) is 5.55. The summed E-state index contributed by atoms with van der Waals surface area (Å²) in [5, 5.41) is 2.68. The second-order valence-electron chi connectivity index (χ2n) is 7.96. The molecule has 168 valence electrons. The summed E-state index contributed by atoms with van der Waals surface area (Å²) >= 11 is 5.79. The minimum Gasteiger partial charge on any atom is -0.356 e. The second kappa shape index (κ2) is 9.42. The fourth-order valence-corrected chi connectivity index (χ4v) is 3.72. The summed E-state index contributed by atoms with van der Waals surface area (Å²) in [6.07, 6.45) is -2.81. The lowest BCUT2D eigenvalue weighted by atomic mass is 9.98. The molecular weight excluding hydrogens is 434 g/mol. The first-order valence-corrected chi connectivity index (χ1v) is 10.5. The number of nitrogens with one attached hydrogen (secondary N) is 1. The Bertz CT molecular complexity index is 943. The van der Waals surface area contributed by atoms with Crippen molar-refractivity contribution in [2.75, 3.05) is 18.0 Å². The molecule has 1 aliphatic heterocycles. The van der Waals surface area contributed by atoms with Gasteiger partial charge in [0.05, 0.1) is 10.9 Å². The van der Waals surface area contributed by atoms with Crippen LogP contribution in [0, 0.1) is 11.7 Å². The number of alkyl halides is 3. The molecule has 0 saturated carbocycles. The molecular formula is C22H24ClF4N3O. The Balaban J connectivity index is 1.78. The number of pyridine rings is 1. The Labute approximate surface area is 183 Å². The van der Waals surface area contributed by atoms with Gasteiger partial charge in [0, 0.05) is 25.2 Å². The summed E-state index contributed by atoms with van der Waals surface area (Å²) in [7, 11) is 0. The zero-order valence-electron chi connectivity index (χ0n) is 17.3. The van der Waals surface area contributed by atoms with Crippen molar-refractivity contribution >= 4 is 23.3 Å². The van der Waals surface area contributed by atoms with Crippen LogP contribution in [0.15, 0.2) is 30.3 Å². The highest BCUT2D eigenvalue weighted by atomic mass is 35.5. The largest absolute Gasteiger partial charge is 0.433 e. The monoisotopic (exact) mass is 457 g/mol. The third-order valence-electron chi connectivity index (χ3n) is 5.62. The molecule has 1 N–H and O–H groups in total. The van der Waals surface area contributed by atoms with Crippen LogP contribution in [0.3, 0.4) is 0 Å². The Kier molecular flexibility index (Phi) is 7.09. The van der Waals surface area contributed by atoms with E-state index in [4.69, 9.17) is 11.6 Å². The van der Waals surface area contributed by atoms with Gasteiger partial charge in [-0.25, -0.2) is 9.37 Å². The molecule has 1 aromatic carbocycles. The number of hydrogen-bond donors (Lipinski definition) is 1. The van der Waals surface area contributed by atoms with E-state index in [-0.39, 0.29) is 23.3 Å². The summed E-state index contributed by atoms with van der Waals surface area (Å²) < 4.78 is 53.0. The first-order valence-electron chi connectivity index (χ1n) is 10.1. The maximum absolute atomic E-state index is 13.4. The van der Waals surface area contributed by atoms with Crippen LogP contribution >= 0.6 is 11.6 Å². The van der Waals surface area contributed by atoms with Gasteiger partial charge in [-0.05, 0) is 49.4 Å². The second-order valence-corrected chi connectivity index (χ2v) is 8.37. The van der Waals surface area contributed by atoms with Crippen LogP contribution in [0.25, 0.3) is 0 Å². The van der Waals surface area contributed by atoms with Gasteiger partial charge in [0.25, 0.3) is 0 Å². The highest BCUT2D eigenvalue weighted by Crippen LogP contribution is 2.32. The zero-order valence-corrected chi connectivity index (χ0v) is 18.0. The molecule has 1 amide bonds. The summed E-state index contributed by atoms with van der Waals surface area (Å²) in [5.74, 6) is -0.775. The maximum atomic E-state index is 13.4. The number of carbonyl (C=O) groups is 1. The van der Waals surface area contributed by atoms with E-state index in [1.165, 1.54) is 24.3 Å². The number of aromatic nitrogens is 1. The number of anilines is 1. The van der Waals surface area contributed by atoms with E-state index >= 15 is 0 Å². The molecule has 31 heavy (non-hydrogen) atoms. The highest BCUT2D eigenvalue weighted by molar-refractivity contribution is 6.30. The SMILES string of the molecule is CC1CCN(c2nc(C(F)(F)F)ccc2CNC(=O)C(C)c2ccc(F)c(Cl)c2)CC1. The van der Waals surface area contributed by atoms with Crippen LogP contribution in [0.2, 0.25) is 5.02 Å². The van der Waals surface area contributed by atoms with Crippen molar-refractivity contribution in [2.24, 2.45) is 5.92 Å². The van der Waals surface area contributed by atoms with E-state index in [0.717, 1.165) is 18.9 Å². The Morgan fingerprint density at radius 1 is 1.26 bits per heavy atom. The molecule has 0 bridgehead atoms. The predicted molar refractivity (Wildman–Crippen MR) is 112 cm³/mol. The van der Waals surface area contributed by atoms with Gasteiger partial charge in [-0.15, -0.1) is 0 Å². The topological polar surface area (TPSA) is 45.2 Å². The molecule has 3 rings (SSSR count). The molecule has 1 fully saturated rings. The molecule has 0 radical (unpaired) electrons. The van der Waals surface area contributed by atoms with Crippen molar-refractivity contribution in [3.63, 3.8) is 0 Å². The summed E-state index contributed by atoms with van der Waals surface area (Å²) in [6, 6.07) is 6.35. The average molecular weight is 458 g/mol. The van der Waals surface area contributed by atoms with E-state index in [1.54, 1.807) is 6.92 Å². The first kappa shape index (κ1) is 23.3. The lowest BCUT2D eigenvalue weighted by Crippen LogP contribution is -2.35. The molecule has 1 aliphatic rings. The third kappa shape index (κ3) is 5.67. The van der Waals surface area contributed by atoms with E-state index in [0.29, 0.717) is 30.1 Å². The average Bonchev–Trinajstić information content (AvgIpc) is 2.73. The molecule has 1 saturated heterocycles. The van der Waals surface area contributed by atoms with Gasteiger partial charge in [0.15, 0.2) is 0 Å². The van der Waals surface area contributed by atoms with Crippen LogP contribution < -0.4 is 10.2 Å². The number of piperidine rings is 1. The molecule has 1 aromatic heterocycles. The molecule has 4 nitrogen and oxygen atoms in total.